The lowest BCUT2D eigenvalue weighted by Gasteiger charge is -2.17. The topological polar surface area (TPSA) is 58.2 Å². The highest BCUT2D eigenvalue weighted by Crippen LogP contribution is 2.31. The lowest BCUT2D eigenvalue weighted by molar-refractivity contribution is -0.119. The van der Waals surface area contributed by atoms with Gasteiger partial charge in [0, 0.05) is 18.7 Å². The summed E-state index contributed by atoms with van der Waals surface area (Å²) >= 11 is 0. The van der Waals surface area contributed by atoms with E-state index in [0.717, 1.165) is 30.1 Å². The van der Waals surface area contributed by atoms with Gasteiger partial charge in [0.25, 0.3) is 5.91 Å². The molecule has 1 aliphatic rings. The molecule has 0 saturated carbocycles. The van der Waals surface area contributed by atoms with Crippen LogP contribution in [0, 0.1) is 0 Å². The fourth-order valence-electron chi connectivity index (χ4n) is 2.60. The van der Waals surface area contributed by atoms with Crippen molar-refractivity contribution in [2.24, 2.45) is 0 Å². The summed E-state index contributed by atoms with van der Waals surface area (Å²) in [5.41, 5.74) is 3.04. The first-order chi connectivity index (χ1) is 9.76. The third kappa shape index (κ3) is 4.17. The molecule has 0 fully saturated rings. The van der Waals surface area contributed by atoms with Crippen molar-refractivity contribution in [2.75, 3.05) is 6.17 Å². The molecular formula is C16H24N2O2Si. The third-order valence-electron chi connectivity index (χ3n) is 3.64. The lowest BCUT2D eigenvalue weighted by atomic mass is 10.0. The van der Waals surface area contributed by atoms with Gasteiger partial charge < -0.3 is 10.6 Å². The van der Waals surface area contributed by atoms with Crippen molar-refractivity contribution in [3.05, 3.63) is 34.9 Å². The van der Waals surface area contributed by atoms with Crippen molar-refractivity contribution in [3.63, 3.8) is 0 Å². The summed E-state index contributed by atoms with van der Waals surface area (Å²) in [6.07, 6.45) is 2.61. The minimum absolute atomic E-state index is 0.00296. The fraction of sp³-hybridized carbons (Fsp3) is 0.500. The van der Waals surface area contributed by atoms with Crippen LogP contribution in [-0.4, -0.2) is 26.1 Å². The quantitative estimate of drug-likeness (QED) is 0.839. The summed E-state index contributed by atoms with van der Waals surface area (Å²) in [7, 11) is -1.28. The number of hydrogen-bond acceptors (Lipinski definition) is 2. The summed E-state index contributed by atoms with van der Waals surface area (Å²) in [6.45, 7) is 8.23. The van der Waals surface area contributed by atoms with Gasteiger partial charge in [0.2, 0.25) is 5.91 Å². The van der Waals surface area contributed by atoms with Crippen LogP contribution in [0.4, 0.5) is 0 Å². The van der Waals surface area contributed by atoms with Crippen molar-refractivity contribution in [3.8, 4) is 0 Å². The molecule has 0 saturated heterocycles. The standard InChI is InChI=1S/C16H24N2O2Si/c1-11(19)18-15-8-6-12-9-13(5-7-14(12)15)16(20)17-10-21(2,3)4/h5,7,9,15H,6,8,10H2,1-4H3,(H,17,20)(H,18,19). The van der Waals surface area contributed by atoms with Gasteiger partial charge in [-0.05, 0) is 36.1 Å². The number of benzene rings is 1. The molecule has 0 aromatic heterocycles. The van der Waals surface area contributed by atoms with Gasteiger partial charge in [0.05, 0.1) is 14.1 Å². The van der Waals surface area contributed by atoms with E-state index < -0.39 is 8.07 Å². The van der Waals surface area contributed by atoms with Crippen LogP contribution in [0.15, 0.2) is 18.2 Å². The van der Waals surface area contributed by atoms with Gasteiger partial charge in [-0.1, -0.05) is 25.7 Å². The second kappa shape index (κ2) is 6.01. The second-order valence-corrected chi connectivity index (χ2v) is 12.4. The Kier molecular flexibility index (Phi) is 4.51. The molecule has 1 unspecified atom stereocenters. The Morgan fingerprint density at radius 2 is 2.00 bits per heavy atom. The molecular weight excluding hydrogens is 280 g/mol. The van der Waals surface area contributed by atoms with E-state index in [-0.39, 0.29) is 17.9 Å². The van der Waals surface area contributed by atoms with Gasteiger partial charge in [-0.15, -0.1) is 0 Å². The monoisotopic (exact) mass is 304 g/mol. The molecule has 1 aromatic carbocycles. The molecule has 0 heterocycles. The molecule has 0 aliphatic heterocycles. The highest BCUT2D eigenvalue weighted by atomic mass is 28.3. The first kappa shape index (κ1) is 15.8. The summed E-state index contributed by atoms with van der Waals surface area (Å²) < 4.78 is 0. The molecule has 1 aliphatic carbocycles. The van der Waals surface area contributed by atoms with Gasteiger partial charge in [0.1, 0.15) is 0 Å². The molecule has 1 aromatic rings. The zero-order valence-electron chi connectivity index (χ0n) is 13.2. The Bertz CT molecular complexity index is 564. The van der Waals surface area contributed by atoms with E-state index in [1.54, 1.807) is 0 Å². The number of fused-ring (bicyclic) bond motifs is 1. The number of carbonyl (C=O) groups is 2. The molecule has 1 atom stereocenters. The van der Waals surface area contributed by atoms with Gasteiger partial charge in [0.15, 0.2) is 0 Å². The van der Waals surface area contributed by atoms with Crippen LogP contribution >= 0.6 is 0 Å². The third-order valence-corrected chi connectivity index (χ3v) is 4.88. The minimum Gasteiger partial charge on any atom is -0.355 e. The molecule has 21 heavy (non-hydrogen) atoms. The van der Waals surface area contributed by atoms with Gasteiger partial charge >= 0.3 is 0 Å². The predicted molar refractivity (Wildman–Crippen MR) is 87.0 cm³/mol. The summed E-state index contributed by atoms with van der Waals surface area (Å²) in [5.74, 6) is -0.00647. The van der Waals surface area contributed by atoms with Crippen LogP contribution in [0.25, 0.3) is 0 Å². The zero-order chi connectivity index (χ0) is 15.6. The first-order valence-corrected chi connectivity index (χ1v) is 11.1. The summed E-state index contributed by atoms with van der Waals surface area (Å²) in [5, 5.41) is 5.98. The van der Waals surface area contributed by atoms with E-state index in [1.165, 1.54) is 12.5 Å². The molecule has 2 N–H and O–H groups in total. The molecule has 0 bridgehead atoms. The Labute approximate surface area is 127 Å². The van der Waals surface area contributed by atoms with Gasteiger partial charge in [-0.3, -0.25) is 9.59 Å². The SMILES string of the molecule is CC(=O)NC1CCc2cc(C(=O)NC[Si](C)(C)C)ccc21. The van der Waals surface area contributed by atoms with Crippen molar-refractivity contribution in [2.45, 2.75) is 45.4 Å². The average molecular weight is 304 g/mol. The highest BCUT2D eigenvalue weighted by molar-refractivity contribution is 6.76. The summed E-state index contributed by atoms with van der Waals surface area (Å²) in [6, 6.07) is 5.90. The van der Waals surface area contributed by atoms with Crippen molar-refractivity contribution < 1.29 is 9.59 Å². The van der Waals surface area contributed by atoms with Gasteiger partial charge in [-0.2, -0.15) is 0 Å². The molecule has 114 valence electrons. The molecule has 4 nitrogen and oxygen atoms in total. The fourth-order valence-corrected chi connectivity index (χ4v) is 3.29. The summed E-state index contributed by atoms with van der Waals surface area (Å²) in [4.78, 5) is 23.4. The van der Waals surface area contributed by atoms with E-state index in [9.17, 15) is 9.59 Å². The van der Waals surface area contributed by atoms with E-state index in [4.69, 9.17) is 0 Å². The van der Waals surface area contributed by atoms with Crippen LogP contribution in [0.2, 0.25) is 19.6 Å². The van der Waals surface area contributed by atoms with Crippen LogP contribution in [0.3, 0.4) is 0 Å². The van der Waals surface area contributed by atoms with Crippen LogP contribution in [-0.2, 0) is 11.2 Å². The number of hydrogen-bond donors (Lipinski definition) is 2. The molecule has 2 amide bonds. The number of aryl methyl sites for hydroxylation is 1. The first-order valence-electron chi connectivity index (χ1n) is 7.44. The van der Waals surface area contributed by atoms with Crippen LogP contribution in [0.5, 0.6) is 0 Å². The number of amides is 2. The predicted octanol–water partition coefficient (Wildman–Crippen LogP) is 2.42. The lowest BCUT2D eigenvalue weighted by Crippen LogP contribution is -2.39. The number of nitrogens with one attached hydrogen (secondary N) is 2. The van der Waals surface area contributed by atoms with Crippen molar-refractivity contribution in [1.82, 2.24) is 10.6 Å². The van der Waals surface area contributed by atoms with E-state index >= 15 is 0 Å². The average Bonchev–Trinajstić information content (AvgIpc) is 2.77. The van der Waals surface area contributed by atoms with Gasteiger partial charge in [-0.25, -0.2) is 0 Å². The Balaban J connectivity index is 2.08. The Morgan fingerprint density at radius 3 is 2.62 bits per heavy atom. The zero-order valence-corrected chi connectivity index (χ0v) is 14.2. The van der Waals surface area contributed by atoms with Crippen LogP contribution in [0.1, 0.15) is 40.9 Å². The highest BCUT2D eigenvalue weighted by Gasteiger charge is 2.24. The normalized spacial score (nSPS) is 17.2. The van der Waals surface area contributed by atoms with Crippen molar-refractivity contribution >= 4 is 19.9 Å². The smallest absolute Gasteiger partial charge is 0.251 e. The minimum atomic E-state index is -1.28. The largest absolute Gasteiger partial charge is 0.355 e. The molecule has 0 spiro atoms. The second-order valence-electron chi connectivity index (χ2n) is 6.95. The van der Waals surface area contributed by atoms with E-state index in [2.05, 4.69) is 30.3 Å². The molecule has 5 heteroatoms. The maximum absolute atomic E-state index is 12.2. The number of rotatable bonds is 4. The van der Waals surface area contributed by atoms with Crippen LogP contribution < -0.4 is 10.6 Å². The molecule has 0 radical (unpaired) electrons. The number of carbonyl (C=O) groups excluding carboxylic acids is 2. The van der Waals surface area contributed by atoms with E-state index in [0.29, 0.717) is 0 Å². The van der Waals surface area contributed by atoms with Crippen molar-refractivity contribution in [1.29, 1.82) is 0 Å². The van der Waals surface area contributed by atoms with E-state index in [1.807, 2.05) is 18.2 Å². The molecule has 2 rings (SSSR count). The maximum atomic E-state index is 12.2. The Morgan fingerprint density at radius 1 is 1.29 bits per heavy atom. The maximum Gasteiger partial charge on any atom is 0.251 e. The Hall–Kier alpha value is -1.62.